The van der Waals surface area contributed by atoms with E-state index in [0.717, 1.165) is 5.56 Å². The predicted octanol–water partition coefficient (Wildman–Crippen LogP) is 3.11. The molecule has 2 aliphatic rings. The first-order valence-corrected chi connectivity index (χ1v) is 9.47. The topological polar surface area (TPSA) is 75.9 Å². The van der Waals surface area contributed by atoms with E-state index in [4.69, 9.17) is 10.5 Å². The van der Waals surface area contributed by atoms with Crippen molar-refractivity contribution < 1.29 is 23.1 Å². The molecule has 2 fully saturated rings. The second kappa shape index (κ2) is 7.22. The maximum atomic E-state index is 13.7. The lowest BCUT2D eigenvalue weighted by Gasteiger charge is -2.41. The maximum Gasteiger partial charge on any atom is 0.410 e. The molecule has 1 aromatic rings. The Morgan fingerprint density at radius 2 is 1.79 bits per heavy atom. The lowest BCUT2D eigenvalue weighted by atomic mass is 9.91. The fraction of sp³-hybridized carbons (Fsp3) is 0.600. The third-order valence-corrected chi connectivity index (χ3v) is 5.14. The summed E-state index contributed by atoms with van der Waals surface area (Å²) in [5.74, 6) is -3.40. The van der Waals surface area contributed by atoms with Crippen molar-refractivity contribution in [1.29, 1.82) is 0 Å². The monoisotopic (exact) mass is 395 g/mol. The molecule has 0 aliphatic carbocycles. The molecule has 2 heterocycles. The number of nitrogens with zero attached hydrogens (tertiary/aromatic N) is 2. The first kappa shape index (κ1) is 20.4. The fourth-order valence-corrected chi connectivity index (χ4v) is 3.60. The van der Waals surface area contributed by atoms with Gasteiger partial charge in [0.1, 0.15) is 11.6 Å². The highest BCUT2D eigenvalue weighted by Gasteiger charge is 2.43. The molecule has 2 aliphatic heterocycles. The molecule has 0 aromatic heterocycles. The van der Waals surface area contributed by atoms with Crippen molar-refractivity contribution in [3.05, 3.63) is 29.8 Å². The van der Waals surface area contributed by atoms with Crippen LogP contribution >= 0.6 is 0 Å². The molecular weight excluding hydrogens is 368 g/mol. The number of likely N-dealkylation sites (tertiary alicyclic amines) is 1. The molecule has 0 spiro atoms. The highest BCUT2D eigenvalue weighted by atomic mass is 19.3. The molecule has 2 N–H and O–H groups in total. The summed E-state index contributed by atoms with van der Waals surface area (Å²) in [6.45, 7) is 6.72. The standard InChI is InChI=1S/C20H27F2N3O3/c1-19(2,3)28-18(27)24-11-14(12-24)13-4-6-15(7-5-13)25-9-8-20(21,22)10-16(25)17(23)26/h4-7,14,16H,8-12H2,1-3H3,(H2,23,26)/t16-/m1/s1. The number of nitrogens with two attached hydrogens (primary N) is 1. The number of hydrogen-bond acceptors (Lipinski definition) is 4. The number of rotatable bonds is 3. The summed E-state index contributed by atoms with van der Waals surface area (Å²) >= 11 is 0. The normalized spacial score (nSPS) is 22.5. The van der Waals surface area contributed by atoms with E-state index in [1.165, 1.54) is 0 Å². The van der Waals surface area contributed by atoms with E-state index in [0.29, 0.717) is 18.8 Å². The number of carbonyl (C=O) groups excluding carboxylic acids is 2. The summed E-state index contributed by atoms with van der Waals surface area (Å²) < 4.78 is 32.7. The molecule has 0 radical (unpaired) electrons. The molecular formula is C20H27F2N3O3. The van der Waals surface area contributed by atoms with Crippen LogP contribution < -0.4 is 10.6 Å². The number of halogens is 2. The van der Waals surface area contributed by atoms with Crippen LogP contribution in [0.4, 0.5) is 19.3 Å². The van der Waals surface area contributed by atoms with Crippen molar-refractivity contribution in [1.82, 2.24) is 4.90 Å². The van der Waals surface area contributed by atoms with E-state index in [2.05, 4.69) is 0 Å². The van der Waals surface area contributed by atoms with Crippen LogP contribution in [0.15, 0.2) is 24.3 Å². The molecule has 8 heteroatoms. The summed E-state index contributed by atoms with van der Waals surface area (Å²) in [5.41, 5.74) is 6.58. The SMILES string of the molecule is CC(C)(C)OC(=O)N1CC(c2ccc(N3CCC(F)(F)C[C@@H]3C(N)=O)cc2)C1. The van der Waals surface area contributed by atoms with Gasteiger partial charge in [0.2, 0.25) is 5.91 Å². The number of primary amides is 1. The Labute approximate surface area is 163 Å². The molecule has 1 aromatic carbocycles. The average Bonchev–Trinajstić information content (AvgIpc) is 2.51. The van der Waals surface area contributed by atoms with Crippen LogP contribution in [0.2, 0.25) is 0 Å². The van der Waals surface area contributed by atoms with Crippen molar-refractivity contribution in [3.8, 4) is 0 Å². The maximum absolute atomic E-state index is 13.7. The number of benzene rings is 1. The zero-order chi connectivity index (χ0) is 20.7. The zero-order valence-electron chi connectivity index (χ0n) is 16.5. The number of amides is 2. The van der Waals surface area contributed by atoms with Gasteiger partial charge < -0.3 is 20.3 Å². The van der Waals surface area contributed by atoms with Crippen molar-refractivity contribution >= 4 is 17.7 Å². The van der Waals surface area contributed by atoms with Gasteiger partial charge in [-0.1, -0.05) is 12.1 Å². The van der Waals surface area contributed by atoms with Crippen LogP contribution in [0, 0.1) is 0 Å². The number of ether oxygens (including phenoxy) is 1. The molecule has 0 unspecified atom stereocenters. The summed E-state index contributed by atoms with van der Waals surface area (Å²) in [5, 5.41) is 0. The lowest BCUT2D eigenvalue weighted by Crippen LogP contribution is -2.53. The Balaban J connectivity index is 1.62. The second-order valence-electron chi connectivity index (χ2n) is 8.60. The van der Waals surface area contributed by atoms with Gasteiger partial charge >= 0.3 is 6.09 Å². The lowest BCUT2D eigenvalue weighted by molar-refractivity contribution is -0.123. The Kier molecular flexibility index (Phi) is 5.25. The molecule has 6 nitrogen and oxygen atoms in total. The van der Waals surface area contributed by atoms with Crippen molar-refractivity contribution in [2.75, 3.05) is 24.5 Å². The Morgan fingerprint density at radius 3 is 2.32 bits per heavy atom. The van der Waals surface area contributed by atoms with Gasteiger partial charge in [-0.15, -0.1) is 0 Å². The van der Waals surface area contributed by atoms with Gasteiger partial charge in [0.15, 0.2) is 0 Å². The molecule has 2 amide bonds. The number of anilines is 1. The van der Waals surface area contributed by atoms with Crippen molar-refractivity contribution in [2.45, 2.75) is 57.1 Å². The van der Waals surface area contributed by atoms with Gasteiger partial charge in [-0.05, 0) is 38.5 Å². The highest BCUT2D eigenvalue weighted by molar-refractivity contribution is 5.84. The molecule has 3 rings (SSSR count). The van der Waals surface area contributed by atoms with Crippen LogP contribution in [-0.4, -0.2) is 54.1 Å². The minimum Gasteiger partial charge on any atom is -0.444 e. The van der Waals surface area contributed by atoms with Crippen LogP contribution in [0.3, 0.4) is 0 Å². The van der Waals surface area contributed by atoms with Gasteiger partial charge in [-0.25, -0.2) is 13.6 Å². The van der Waals surface area contributed by atoms with E-state index >= 15 is 0 Å². The third-order valence-electron chi connectivity index (χ3n) is 5.14. The van der Waals surface area contributed by atoms with Gasteiger partial charge in [0, 0.05) is 44.1 Å². The summed E-state index contributed by atoms with van der Waals surface area (Å²) in [4.78, 5) is 27.0. The number of piperidine rings is 1. The number of alkyl halides is 2. The minimum absolute atomic E-state index is 0.0792. The number of hydrogen-bond donors (Lipinski definition) is 1. The first-order valence-electron chi connectivity index (χ1n) is 9.47. The molecule has 0 bridgehead atoms. The smallest absolute Gasteiger partial charge is 0.410 e. The van der Waals surface area contributed by atoms with E-state index in [1.807, 2.05) is 45.0 Å². The summed E-state index contributed by atoms with van der Waals surface area (Å²) in [6.07, 6.45) is -1.18. The van der Waals surface area contributed by atoms with Crippen LogP contribution in [0.1, 0.15) is 45.1 Å². The fourth-order valence-electron chi connectivity index (χ4n) is 3.60. The van der Waals surface area contributed by atoms with Gasteiger partial charge in [0.05, 0.1) is 0 Å². The van der Waals surface area contributed by atoms with E-state index in [-0.39, 0.29) is 25.0 Å². The van der Waals surface area contributed by atoms with Crippen LogP contribution in [0.5, 0.6) is 0 Å². The molecule has 1 atom stereocenters. The van der Waals surface area contributed by atoms with Gasteiger partial charge in [0.25, 0.3) is 5.92 Å². The molecule has 2 saturated heterocycles. The summed E-state index contributed by atoms with van der Waals surface area (Å²) in [7, 11) is 0. The Bertz CT molecular complexity index is 740. The number of carbonyl (C=O) groups is 2. The predicted molar refractivity (Wildman–Crippen MR) is 101 cm³/mol. The molecule has 154 valence electrons. The first-order chi connectivity index (χ1) is 13.0. The molecule has 28 heavy (non-hydrogen) atoms. The summed E-state index contributed by atoms with van der Waals surface area (Å²) in [6, 6.07) is 6.46. The average molecular weight is 395 g/mol. The van der Waals surface area contributed by atoms with Crippen molar-refractivity contribution in [3.63, 3.8) is 0 Å². The van der Waals surface area contributed by atoms with E-state index in [9.17, 15) is 18.4 Å². The Hall–Kier alpha value is -2.38. The Morgan fingerprint density at radius 1 is 1.18 bits per heavy atom. The highest BCUT2D eigenvalue weighted by Crippen LogP contribution is 2.35. The van der Waals surface area contributed by atoms with Gasteiger partial charge in [-0.2, -0.15) is 0 Å². The molecule has 0 saturated carbocycles. The largest absolute Gasteiger partial charge is 0.444 e. The van der Waals surface area contributed by atoms with Gasteiger partial charge in [-0.3, -0.25) is 4.79 Å². The van der Waals surface area contributed by atoms with Crippen LogP contribution in [-0.2, 0) is 9.53 Å². The second-order valence-corrected chi connectivity index (χ2v) is 8.60. The third kappa shape index (κ3) is 4.54. The zero-order valence-corrected chi connectivity index (χ0v) is 16.5. The van der Waals surface area contributed by atoms with E-state index < -0.39 is 29.9 Å². The van der Waals surface area contributed by atoms with Crippen molar-refractivity contribution in [2.24, 2.45) is 5.73 Å². The van der Waals surface area contributed by atoms with Crippen LogP contribution in [0.25, 0.3) is 0 Å². The van der Waals surface area contributed by atoms with E-state index in [1.54, 1.807) is 9.80 Å². The minimum atomic E-state index is -2.87. The quantitative estimate of drug-likeness (QED) is 0.853.